The van der Waals surface area contributed by atoms with E-state index >= 15 is 0 Å². The summed E-state index contributed by atoms with van der Waals surface area (Å²) < 4.78 is 58.2. The first-order valence-electron chi connectivity index (χ1n) is 7.17. The highest BCUT2D eigenvalue weighted by molar-refractivity contribution is 6.37. The van der Waals surface area contributed by atoms with Crippen molar-refractivity contribution in [3.05, 3.63) is 45.3 Å². The molecular formula is C16H11Cl2F4N3O2. The van der Waals surface area contributed by atoms with Crippen molar-refractivity contribution in [2.45, 2.75) is 13.1 Å². The van der Waals surface area contributed by atoms with E-state index in [1.807, 2.05) is 0 Å². The zero-order chi connectivity index (χ0) is 20.2. The highest BCUT2D eigenvalue weighted by atomic mass is 35.5. The van der Waals surface area contributed by atoms with Gasteiger partial charge >= 0.3 is 6.18 Å². The van der Waals surface area contributed by atoms with Gasteiger partial charge in [0.25, 0.3) is 0 Å². The maximum absolute atomic E-state index is 13.8. The fourth-order valence-corrected chi connectivity index (χ4v) is 2.38. The van der Waals surface area contributed by atoms with Crippen LogP contribution in [-0.4, -0.2) is 22.1 Å². The average molecular weight is 424 g/mol. The van der Waals surface area contributed by atoms with Crippen LogP contribution < -0.4 is 4.74 Å². The predicted molar refractivity (Wildman–Crippen MR) is 91.2 cm³/mol. The molecule has 0 unspecified atom stereocenters. The van der Waals surface area contributed by atoms with Crippen LogP contribution in [0.25, 0.3) is 0 Å². The van der Waals surface area contributed by atoms with Crippen LogP contribution in [0.1, 0.15) is 18.2 Å². The largest absolute Gasteiger partial charge is 0.471 e. The van der Waals surface area contributed by atoms with Crippen molar-refractivity contribution in [1.29, 1.82) is 0 Å². The molecule has 144 valence electrons. The second-order valence-electron chi connectivity index (χ2n) is 5.01. The lowest BCUT2D eigenvalue weighted by Crippen LogP contribution is -2.15. The highest BCUT2D eigenvalue weighted by Crippen LogP contribution is 2.30. The molecule has 0 aliphatic rings. The number of hydrogen-bond acceptors (Lipinski definition) is 4. The van der Waals surface area contributed by atoms with Crippen molar-refractivity contribution in [2.24, 2.45) is 12.2 Å². The summed E-state index contributed by atoms with van der Waals surface area (Å²) in [5, 5.41) is 6.84. The Hall–Kier alpha value is -2.44. The molecule has 0 atom stereocenters. The van der Waals surface area contributed by atoms with Gasteiger partial charge in [0.05, 0.1) is 10.0 Å². The third kappa shape index (κ3) is 5.28. The van der Waals surface area contributed by atoms with E-state index in [-0.39, 0.29) is 27.2 Å². The molecule has 0 fully saturated rings. The number of benzene rings is 1. The van der Waals surface area contributed by atoms with Crippen LogP contribution in [0.3, 0.4) is 0 Å². The summed E-state index contributed by atoms with van der Waals surface area (Å²) in [5.74, 6) is 1.46. The summed E-state index contributed by atoms with van der Waals surface area (Å²) in [5.41, 5.74) is -1.06. The van der Waals surface area contributed by atoms with Crippen LogP contribution >= 0.6 is 23.2 Å². The van der Waals surface area contributed by atoms with Crippen LogP contribution in [-0.2, 0) is 18.1 Å². The Morgan fingerprint density at radius 3 is 2.56 bits per heavy atom. The Bertz CT molecular complexity index is 930. The number of hydrogen-bond donors (Lipinski definition) is 0. The predicted octanol–water partition coefficient (Wildman–Crippen LogP) is 4.67. The maximum atomic E-state index is 13.8. The monoisotopic (exact) mass is 423 g/mol. The molecule has 0 bridgehead atoms. The van der Waals surface area contributed by atoms with Crippen LogP contribution in [0, 0.1) is 17.8 Å². The number of halogens is 6. The fourth-order valence-electron chi connectivity index (χ4n) is 1.89. The molecule has 27 heavy (non-hydrogen) atoms. The van der Waals surface area contributed by atoms with Gasteiger partial charge in [0.15, 0.2) is 5.69 Å². The van der Waals surface area contributed by atoms with E-state index in [1.165, 1.54) is 14.0 Å². The van der Waals surface area contributed by atoms with Gasteiger partial charge in [-0.1, -0.05) is 34.3 Å². The normalized spacial score (nSPS) is 11.8. The number of aromatic nitrogens is 2. The summed E-state index contributed by atoms with van der Waals surface area (Å²) in [6.45, 7) is 1.10. The first-order valence-corrected chi connectivity index (χ1v) is 7.92. The molecular weight excluding hydrogens is 413 g/mol. The number of alkyl halides is 3. The van der Waals surface area contributed by atoms with E-state index in [4.69, 9.17) is 32.8 Å². The maximum Gasteiger partial charge on any atom is 0.435 e. The molecule has 1 aromatic heterocycles. The number of ether oxygens (including phenoxy) is 1. The van der Waals surface area contributed by atoms with Gasteiger partial charge in [0.1, 0.15) is 24.2 Å². The van der Waals surface area contributed by atoms with Crippen molar-refractivity contribution < 1.29 is 27.1 Å². The van der Waals surface area contributed by atoms with Gasteiger partial charge in [-0.3, -0.25) is 0 Å². The van der Waals surface area contributed by atoms with Crippen LogP contribution in [0.4, 0.5) is 17.6 Å². The van der Waals surface area contributed by atoms with Crippen LogP contribution in [0.2, 0.25) is 10.0 Å². The summed E-state index contributed by atoms with van der Waals surface area (Å²) in [6.07, 6.45) is -2.42. The highest BCUT2D eigenvalue weighted by Gasteiger charge is 2.35. The van der Waals surface area contributed by atoms with Crippen LogP contribution in [0.5, 0.6) is 5.88 Å². The van der Waals surface area contributed by atoms with E-state index in [1.54, 1.807) is 0 Å². The van der Waals surface area contributed by atoms with E-state index in [0.717, 1.165) is 16.8 Å². The van der Waals surface area contributed by atoms with E-state index in [2.05, 4.69) is 22.3 Å². The molecule has 2 aromatic rings. The SMILES string of the molecule is CC#CO/N=C(/COc1cc(C(F)(F)F)nn1C)c1cc(F)c(Cl)cc1Cl. The molecule has 5 nitrogen and oxygen atoms in total. The molecule has 0 amide bonds. The van der Waals surface area contributed by atoms with Crippen molar-refractivity contribution in [3.8, 4) is 17.9 Å². The van der Waals surface area contributed by atoms with Gasteiger partial charge < -0.3 is 9.57 Å². The number of oxime groups is 1. The lowest BCUT2D eigenvalue weighted by atomic mass is 10.1. The number of nitrogens with zero attached hydrogens (tertiary/aromatic N) is 3. The lowest BCUT2D eigenvalue weighted by molar-refractivity contribution is -0.141. The van der Waals surface area contributed by atoms with Gasteiger partial charge in [0.2, 0.25) is 5.88 Å². The van der Waals surface area contributed by atoms with Crippen molar-refractivity contribution in [1.82, 2.24) is 9.78 Å². The summed E-state index contributed by atoms with van der Waals surface area (Å²) >= 11 is 11.7. The molecule has 1 heterocycles. The minimum Gasteiger partial charge on any atom is -0.471 e. The molecule has 0 saturated heterocycles. The quantitative estimate of drug-likeness (QED) is 0.231. The smallest absolute Gasteiger partial charge is 0.435 e. The molecule has 0 N–H and O–H groups in total. The molecule has 2 rings (SSSR count). The van der Waals surface area contributed by atoms with Crippen LogP contribution in [0.15, 0.2) is 23.4 Å². The van der Waals surface area contributed by atoms with Gasteiger partial charge in [-0.15, -0.1) is 0 Å². The van der Waals surface area contributed by atoms with Gasteiger partial charge in [-0.2, -0.15) is 18.3 Å². The molecule has 0 radical (unpaired) electrons. The zero-order valence-corrected chi connectivity index (χ0v) is 15.4. The van der Waals surface area contributed by atoms with Crippen molar-refractivity contribution in [2.75, 3.05) is 6.61 Å². The Labute approximate surface area is 161 Å². The van der Waals surface area contributed by atoms with E-state index < -0.39 is 24.3 Å². The zero-order valence-electron chi connectivity index (χ0n) is 13.9. The van der Waals surface area contributed by atoms with E-state index in [0.29, 0.717) is 6.07 Å². The lowest BCUT2D eigenvalue weighted by Gasteiger charge is -2.10. The minimum absolute atomic E-state index is 0.0203. The van der Waals surface area contributed by atoms with Gasteiger partial charge in [0, 0.05) is 25.6 Å². The number of aryl methyl sites for hydroxylation is 1. The molecule has 0 spiro atoms. The summed E-state index contributed by atoms with van der Waals surface area (Å²) in [6, 6.07) is 2.87. The average Bonchev–Trinajstić information content (AvgIpc) is 2.96. The third-order valence-corrected chi connectivity index (χ3v) is 3.71. The first kappa shape index (κ1) is 20.9. The number of rotatable bonds is 5. The fraction of sp³-hybridized carbons (Fsp3) is 0.250. The Morgan fingerprint density at radius 1 is 1.26 bits per heavy atom. The Kier molecular flexibility index (Phi) is 6.57. The molecule has 11 heteroatoms. The standard InChI is InChI=1S/C16H11Cl2F4N3O2/c1-3-4-27-24-13(9-5-12(19)11(18)6-10(9)17)8-26-15-7-14(16(20,21)22)23-25(15)2/h5-7H,8H2,1-2H3/b24-13-. The van der Waals surface area contributed by atoms with Gasteiger partial charge in [-0.05, 0) is 12.1 Å². The summed E-state index contributed by atoms with van der Waals surface area (Å²) in [4.78, 5) is 4.73. The molecule has 0 aliphatic heterocycles. The Balaban J connectivity index is 2.32. The molecule has 0 saturated carbocycles. The summed E-state index contributed by atoms with van der Waals surface area (Å²) in [7, 11) is 1.27. The van der Waals surface area contributed by atoms with Crippen molar-refractivity contribution in [3.63, 3.8) is 0 Å². The van der Waals surface area contributed by atoms with Gasteiger partial charge in [-0.25, -0.2) is 9.07 Å². The molecule has 1 aromatic carbocycles. The topological polar surface area (TPSA) is 48.6 Å². The minimum atomic E-state index is -4.63. The van der Waals surface area contributed by atoms with Crippen molar-refractivity contribution >= 4 is 28.9 Å². The second-order valence-corrected chi connectivity index (χ2v) is 5.82. The third-order valence-electron chi connectivity index (χ3n) is 3.11. The first-order chi connectivity index (χ1) is 12.6. The second kappa shape index (κ2) is 8.50. The molecule has 0 aliphatic carbocycles. The van der Waals surface area contributed by atoms with E-state index in [9.17, 15) is 17.6 Å². The Morgan fingerprint density at radius 2 is 1.96 bits per heavy atom.